The Hall–Kier alpha value is -0.620. The van der Waals surface area contributed by atoms with Gasteiger partial charge >= 0.3 is 0 Å². The quantitative estimate of drug-likeness (QED) is 0.874. The molecule has 1 saturated carbocycles. The Bertz CT molecular complexity index is 530. The number of rotatable bonds is 4. The maximum absolute atomic E-state index is 12.1. The summed E-state index contributed by atoms with van der Waals surface area (Å²) < 4.78 is 26.8. The topological polar surface area (TPSA) is 72.2 Å². The molecule has 4 nitrogen and oxygen atoms in total. The minimum absolute atomic E-state index is 0.0394. The van der Waals surface area contributed by atoms with Gasteiger partial charge in [-0.05, 0) is 30.0 Å². The molecule has 2 atom stereocenters. The van der Waals surface area contributed by atoms with Gasteiger partial charge in [0, 0.05) is 12.6 Å². The summed E-state index contributed by atoms with van der Waals surface area (Å²) in [4.78, 5) is 0.112. The van der Waals surface area contributed by atoms with Crippen molar-refractivity contribution in [1.82, 2.24) is 4.72 Å². The van der Waals surface area contributed by atoms with E-state index in [0.29, 0.717) is 12.5 Å². The molecule has 2 rings (SSSR count). The minimum atomic E-state index is -3.53. The number of nitrogens with two attached hydrogens (primary N) is 1. The van der Waals surface area contributed by atoms with Gasteiger partial charge in [0.1, 0.15) is 4.90 Å². The lowest BCUT2D eigenvalue weighted by Gasteiger charge is -2.09. The predicted octanol–water partition coefficient (Wildman–Crippen LogP) is 1.49. The summed E-state index contributed by atoms with van der Waals surface area (Å²) in [6.07, 6.45) is 0.882. The van der Waals surface area contributed by atoms with Crippen molar-refractivity contribution in [3.05, 3.63) is 28.8 Å². The van der Waals surface area contributed by atoms with E-state index >= 15 is 0 Å². The molecule has 94 valence electrons. The van der Waals surface area contributed by atoms with Gasteiger partial charge in [-0.2, -0.15) is 0 Å². The van der Waals surface area contributed by atoms with Gasteiger partial charge in [-0.3, -0.25) is 0 Å². The van der Waals surface area contributed by atoms with Crippen molar-refractivity contribution in [3.8, 4) is 0 Å². The molecule has 0 heterocycles. The van der Waals surface area contributed by atoms with E-state index in [2.05, 4.69) is 4.72 Å². The lowest BCUT2D eigenvalue weighted by Crippen LogP contribution is -2.27. The van der Waals surface area contributed by atoms with E-state index in [-0.39, 0.29) is 16.0 Å². The summed E-state index contributed by atoms with van der Waals surface area (Å²) in [6.45, 7) is 2.30. The largest absolute Gasteiger partial charge is 0.326 e. The van der Waals surface area contributed by atoms with E-state index in [1.165, 1.54) is 6.07 Å². The summed E-state index contributed by atoms with van der Waals surface area (Å²) in [5.41, 5.74) is 6.24. The lowest BCUT2D eigenvalue weighted by atomic mass is 10.2. The molecule has 0 saturated heterocycles. The average molecular weight is 275 g/mol. The first-order valence-electron chi connectivity index (χ1n) is 5.45. The smallest absolute Gasteiger partial charge is 0.242 e. The molecule has 0 spiro atoms. The minimum Gasteiger partial charge on any atom is -0.326 e. The van der Waals surface area contributed by atoms with Crippen molar-refractivity contribution in [2.24, 2.45) is 11.7 Å². The molecule has 1 aromatic rings. The van der Waals surface area contributed by atoms with Gasteiger partial charge in [0.2, 0.25) is 10.0 Å². The lowest BCUT2D eigenvalue weighted by molar-refractivity contribution is 0.578. The molecule has 1 fully saturated rings. The molecule has 2 unspecified atom stereocenters. The highest BCUT2D eigenvalue weighted by molar-refractivity contribution is 7.89. The van der Waals surface area contributed by atoms with Crippen LogP contribution in [0.4, 0.5) is 0 Å². The summed E-state index contributed by atoms with van der Waals surface area (Å²) in [6, 6.07) is 4.85. The first-order chi connectivity index (χ1) is 7.94. The van der Waals surface area contributed by atoms with Crippen LogP contribution in [0.15, 0.2) is 23.1 Å². The molecular weight excluding hydrogens is 260 g/mol. The Labute approximate surface area is 106 Å². The van der Waals surface area contributed by atoms with Crippen LogP contribution in [-0.2, 0) is 16.6 Å². The van der Waals surface area contributed by atoms with Gasteiger partial charge in [-0.25, -0.2) is 13.1 Å². The molecule has 0 aromatic heterocycles. The zero-order chi connectivity index (χ0) is 12.6. The van der Waals surface area contributed by atoms with Gasteiger partial charge in [0.15, 0.2) is 0 Å². The van der Waals surface area contributed by atoms with E-state index in [1.807, 2.05) is 6.92 Å². The van der Waals surface area contributed by atoms with Gasteiger partial charge in [-0.15, -0.1) is 0 Å². The fourth-order valence-corrected chi connectivity index (χ4v) is 3.54. The van der Waals surface area contributed by atoms with Crippen LogP contribution in [0, 0.1) is 5.92 Å². The summed E-state index contributed by atoms with van der Waals surface area (Å²) in [5.74, 6) is 0.404. The zero-order valence-corrected chi connectivity index (χ0v) is 11.1. The number of benzene rings is 1. The van der Waals surface area contributed by atoms with Crippen LogP contribution < -0.4 is 10.5 Å². The molecule has 0 radical (unpaired) electrons. The highest BCUT2D eigenvalue weighted by Crippen LogP contribution is 2.32. The van der Waals surface area contributed by atoms with Crippen molar-refractivity contribution in [2.75, 3.05) is 0 Å². The third-order valence-electron chi connectivity index (χ3n) is 2.94. The van der Waals surface area contributed by atoms with Crippen LogP contribution in [0.25, 0.3) is 0 Å². The molecule has 1 aromatic carbocycles. The predicted molar refractivity (Wildman–Crippen MR) is 67.2 cm³/mol. The number of hydrogen-bond acceptors (Lipinski definition) is 3. The van der Waals surface area contributed by atoms with Crippen LogP contribution in [0.3, 0.4) is 0 Å². The average Bonchev–Trinajstić information content (AvgIpc) is 2.93. The third-order valence-corrected chi connectivity index (χ3v) is 4.91. The van der Waals surface area contributed by atoms with E-state index in [1.54, 1.807) is 12.1 Å². The van der Waals surface area contributed by atoms with E-state index < -0.39 is 10.0 Å². The summed E-state index contributed by atoms with van der Waals surface area (Å²) >= 11 is 5.92. The van der Waals surface area contributed by atoms with Crippen molar-refractivity contribution in [2.45, 2.75) is 30.8 Å². The van der Waals surface area contributed by atoms with Crippen LogP contribution in [0.2, 0.25) is 5.02 Å². The standard InChI is InChI=1S/C11H15ClN2O2S/c1-7-4-10(7)14-17(15,16)11-5-8(6-13)2-3-9(11)12/h2-3,5,7,10,14H,4,6,13H2,1H3. The highest BCUT2D eigenvalue weighted by atomic mass is 35.5. The Morgan fingerprint density at radius 3 is 2.71 bits per heavy atom. The van der Waals surface area contributed by atoms with Crippen molar-refractivity contribution in [1.29, 1.82) is 0 Å². The van der Waals surface area contributed by atoms with Gasteiger partial charge < -0.3 is 5.73 Å². The fraction of sp³-hybridized carbons (Fsp3) is 0.455. The molecule has 3 N–H and O–H groups in total. The molecule has 0 amide bonds. The maximum atomic E-state index is 12.1. The second-order valence-electron chi connectivity index (χ2n) is 4.41. The van der Waals surface area contributed by atoms with E-state index in [4.69, 9.17) is 17.3 Å². The number of hydrogen-bond donors (Lipinski definition) is 2. The second kappa shape index (κ2) is 4.57. The van der Waals surface area contributed by atoms with Crippen molar-refractivity contribution >= 4 is 21.6 Å². The van der Waals surface area contributed by atoms with Gasteiger partial charge in [0.05, 0.1) is 5.02 Å². The molecule has 0 aliphatic heterocycles. The Balaban J connectivity index is 2.31. The second-order valence-corrected chi connectivity index (χ2v) is 6.50. The monoisotopic (exact) mass is 274 g/mol. The summed E-state index contributed by atoms with van der Waals surface area (Å²) in [7, 11) is -3.53. The summed E-state index contributed by atoms with van der Waals surface area (Å²) in [5, 5.41) is 0.225. The number of halogens is 1. The SMILES string of the molecule is CC1CC1NS(=O)(=O)c1cc(CN)ccc1Cl. The van der Waals surface area contributed by atoms with Gasteiger partial charge in [0.25, 0.3) is 0 Å². The van der Waals surface area contributed by atoms with Crippen molar-refractivity contribution in [3.63, 3.8) is 0 Å². The van der Waals surface area contributed by atoms with Crippen LogP contribution in [0.1, 0.15) is 18.9 Å². The van der Waals surface area contributed by atoms with Crippen molar-refractivity contribution < 1.29 is 8.42 Å². The highest BCUT2D eigenvalue weighted by Gasteiger charge is 2.36. The molecule has 1 aliphatic rings. The Kier molecular flexibility index (Phi) is 3.45. The molecule has 1 aliphatic carbocycles. The number of sulfonamides is 1. The maximum Gasteiger partial charge on any atom is 0.242 e. The van der Waals surface area contributed by atoms with E-state index in [9.17, 15) is 8.42 Å². The third kappa shape index (κ3) is 2.80. The molecule has 0 bridgehead atoms. The first-order valence-corrected chi connectivity index (χ1v) is 7.31. The normalized spacial score (nSPS) is 23.7. The van der Waals surface area contributed by atoms with Crippen LogP contribution in [-0.4, -0.2) is 14.5 Å². The Morgan fingerprint density at radius 1 is 1.53 bits per heavy atom. The molecule has 17 heavy (non-hydrogen) atoms. The Morgan fingerprint density at radius 2 is 2.18 bits per heavy atom. The zero-order valence-electron chi connectivity index (χ0n) is 9.48. The fourth-order valence-electron chi connectivity index (χ4n) is 1.63. The number of nitrogens with one attached hydrogen (secondary N) is 1. The first kappa shape index (κ1) is 12.8. The molecular formula is C11H15ClN2O2S. The van der Waals surface area contributed by atoms with Gasteiger partial charge in [-0.1, -0.05) is 24.6 Å². The van der Waals surface area contributed by atoms with Crippen LogP contribution in [0.5, 0.6) is 0 Å². The molecule has 6 heteroatoms. The van der Waals surface area contributed by atoms with E-state index in [0.717, 1.165) is 12.0 Å². The van der Waals surface area contributed by atoms with Crippen LogP contribution >= 0.6 is 11.6 Å².